The van der Waals surface area contributed by atoms with E-state index in [0.717, 1.165) is 32.1 Å². The van der Waals surface area contributed by atoms with Gasteiger partial charge in [0.2, 0.25) is 22.4 Å². The molecule has 0 aromatic carbocycles. The molecule has 14 fully saturated rings. The Kier molecular flexibility index (Phi) is 27.8. The molecule has 6 N–H and O–H groups in total. The highest BCUT2D eigenvalue weighted by Crippen LogP contribution is 2.83. The summed E-state index contributed by atoms with van der Waals surface area (Å²) in [6, 6.07) is 0. The minimum Gasteiger partial charge on any atom is -0.449 e. The van der Waals surface area contributed by atoms with E-state index in [-0.39, 0.29) is 116 Å². The SMILES string of the molecule is C=C(C)C1=C(C)C2(O)C(O)(C1=O)[C@@]1(C)CC(=O)OC23C(OCC)C(C)CC[C@@]31OCC.C=C1C[C@@H]2C(=C1C)C13OC(=O)C[C@@]2(C)[C@@]1(OCC)CCC(C)C3OCC.C=C[C@@]1(C)CC(=O)OC2(C#CC)C(OCC)C(C)CC[C@@]21OCC.CCOC1C(C)CC[C@@]2(OCC)C13OC(=O)C[C@]2(C)C1(O)C(=O)C(C)=C(C)C13O.CCOC1C(C)CC[C@@]2(OCC)C13OC(=O)C[C@]2(C)C1(O)C(=O)C(C)=C(C)C13O. The molecule has 18 rings (SSSR count). The summed E-state index contributed by atoms with van der Waals surface area (Å²) in [7, 11) is 0. The van der Waals surface area contributed by atoms with Gasteiger partial charge in [0.05, 0.1) is 48.3 Å². The lowest BCUT2D eigenvalue weighted by molar-refractivity contribution is -0.325. The van der Waals surface area contributed by atoms with Crippen molar-refractivity contribution in [2.45, 2.75) is 417 Å². The van der Waals surface area contributed by atoms with Gasteiger partial charge in [0.1, 0.15) is 58.5 Å². The van der Waals surface area contributed by atoms with Crippen LogP contribution < -0.4 is 0 Å². The van der Waals surface area contributed by atoms with Gasteiger partial charge in [0.15, 0.2) is 56.6 Å². The van der Waals surface area contributed by atoms with Crippen LogP contribution in [0.4, 0.5) is 0 Å². The molecule has 29 nitrogen and oxygen atoms in total. The Morgan fingerprint density at radius 1 is 0.396 bits per heavy atom. The molecule has 0 spiro atoms. The van der Waals surface area contributed by atoms with E-state index < -0.39 is 165 Å². The summed E-state index contributed by atoms with van der Waals surface area (Å²) >= 11 is 0. The molecule has 21 unspecified atom stereocenters. The van der Waals surface area contributed by atoms with Crippen molar-refractivity contribution < 1.29 is 140 Å². The van der Waals surface area contributed by atoms with Crippen LogP contribution in [0.1, 0.15) is 297 Å². The quantitative estimate of drug-likeness (QED) is 0.0254. The summed E-state index contributed by atoms with van der Waals surface area (Å²) in [5.41, 5.74) is -24.7. The van der Waals surface area contributed by atoms with E-state index in [4.69, 9.17) is 71.1 Å². The third-order valence-corrected chi connectivity index (χ3v) is 39.1. The first-order valence-electron chi connectivity index (χ1n) is 51.5. The summed E-state index contributed by atoms with van der Waals surface area (Å²) in [5.74, 6) is 2.90. The van der Waals surface area contributed by atoms with Crippen molar-refractivity contribution in [2.75, 3.05) is 66.1 Å². The number of carbonyl (C=O) groups excluding carboxylic acids is 8. The second kappa shape index (κ2) is 35.7. The molecule has 0 aromatic heterocycles. The topological polar surface area (TPSA) is 396 Å². The normalized spacial score (nSPS) is 48.2. The number of carbonyl (C=O) groups is 8. The van der Waals surface area contributed by atoms with Crippen molar-refractivity contribution in [2.24, 2.45) is 62.6 Å². The Hall–Kier alpha value is -6.54. The van der Waals surface area contributed by atoms with Crippen LogP contribution in [0.2, 0.25) is 0 Å². The van der Waals surface area contributed by atoms with Crippen LogP contribution in [-0.4, -0.2) is 264 Å². The zero-order chi connectivity index (χ0) is 103. The van der Waals surface area contributed by atoms with Crippen molar-refractivity contribution in [1.29, 1.82) is 0 Å². The molecule has 139 heavy (non-hydrogen) atoms. The maximum atomic E-state index is 13.9. The molecule has 8 bridgehead atoms. The van der Waals surface area contributed by atoms with Gasteiger partial charge in [-0.05, 0) is 281 Å². The second-order valence-corrected chi connectivity index (χ2v) is 44.5. The molecule has 18 aliphatic rings. The fourth-order valence-electron chi connectivity index (χ4n) is 33.5. The highest BCUT2D eigenvalue weighted by molar-refractivity contribution is 6.14. The Morgan fingerprint density at radius 3 is 1.06 bits per heavy atom. The first-order valence-corrected chi connectivity index (χ1v) is 51.5. The number of fused-ring (bicyclic) bond motifs is 9. The van der Waals surface area contributed by atoms with E-state index in [1.165, 1.54) is 16.7 Å². The van der Waals surface area contributed by atoms with Crippen LogP contribution >= 0.6 is 0 Å². The summed E-state index contributed by atoms with van der Waals surface area (Å²) in [5, 5.41) is 73.9. The van der Waals surface area contributed by atoms with Crippen molar-refractivity contribution in [3.05, 3.63) is 81.5 Å². The van der Waals surface area contributed by atoms with Crippen molar-refractivity contribution in [1.82, 2.24) is 0 Å². The monoisotopic (exact) mass is 1950 g/mol. The molecule has 5 heterocycles. The van der Waals surface area contributed by atoms with Gasteiger partial charge in [-0.1, -0.05) is 94.0 Å². The van der Waals surface area contributed by atoms with Crippen LogP contribution in [0.3, 0.4) is 0 Å². The first-order chi connectivity index (χ1) is 64.9. The third-order valence-electron chi connectivity index (χ3n) is 39.1. The Labute approximate surface area is 821 Å². The highest BCUT2D eigenvalue weighted by Gasteiger charge is 3.01. The number of aliphatic hydroxyl groups is 6. The standard InChI is InChI=1S/C24H34O7.2C22H32O7.C22H32O4.C20H30O4/c1-8-29-19-14(5)10-11-21(30-9-2)20(7)12-16(25)31-24(19,21)22(27)15(6)17(13(3)4)18(26)23(20,22)28;2*1-7-27-17-12(3)9-10-19(28-8-2)18(6)11-15(23)29-22(17,19)20(25)14(5)13(4)16(24)21(18,20)26;1-7-24-19-13(3)9-10-21(25-8-2)20(6)12-17(23)26-22(19,21)18-15(5)14(4)11-16(18)20;1-7-12-19-17(22-9-3)15(5)11-13-20(19,23-10-4)18(6,8-2)14-16(21)24-19/h14,19,27-28H,3,8-12H2,1-2,4-7H3;2*12,17,25-26H,7-11H2,1-6H3;13,16,19H,4,7-12H2,1-3,5-6H3;8,15,17H,2,9-11,13-14H2,1,3-6H3/t14?,19?,20-,21-,22?,23?,24?;2*12?,17?,18-,19-,20?,21?,22?;13?,16-,19?,20-,21+,22?;15?,17?,18-,19?,20-/m00010/s1. The van der Waals surface area contributed by atoms with Gasteiger partial charge in [-0.25, -0.2) is 0 Å². The minimum absolute atomic E-state index is 0.0751. The molecule has 0 aromatic rings. The number of ether oxygens (including phenoxy) is 15. The molecule has 13 aliphatic carbocycles. The Morgan fingerprint density at radius 2 is 0.705 bits per heavy atom. The van der Waals surface area contributed by atoms with E-state index in [0.29, 0.717) is 125 Å². The Bertz CT molecular complexity index is 5130. The van der Waals surface area contributed by atoms with E-state index in [1.807, 2.05) is 103 Å². The molecule has 5 saturated heterocycles. The number of ketones is 3. The molecule has 9 saturated carbocycles. The summed E-state index contributed by atoms with van der Waals surface area (Å²) in [4.78, 5) is 105. The average Bonchev–Trinajstić information content (AvgIpc) is 1.42. The maximum Gasteiger partial charge on any atom is 0.308 e. The van der Waals surface area contributed by atoms with Gasteiger partial charge in [-0.3, -0.25) is 38.4 Å². The van der Waals surface area contributed by atoms with Gasteiger partial charge in [0.25, 0.3) is 0 Å². The van der Waals surface area contributed by atoms with Crippen molar-refractivity contribution in [3.8, 4) is 11.8 Å². The van der Waals surface area contributed by atoms with Crippen LogP contribution in [0.5, 0.6) is 0 Å². The first kappa shape index (κ1) is 108. The fraction of sp³-hybridized carbons (Fsp3) is 0.782. The summed E-state index contributed by atoms with van der Waals surface area (Å²) < 4.78 is 93.7. The number of rotatable bonds is 22. The predicted molar refractivity (Wildman–Crippen MR) is 511 cm³/mol. The average molecular weight is 1950 g/mol. The number of hydrogen-bond acceptors (Lipinski definition) is 29. The van der Waals surface area contributed by atoms with Crippen LogP contribution in [-0.2, 0) is 109 Å². The van der Waals surface area contributed by atoms with Crippen LogP contribution in [0.15, 0.2) is 81.5 Å². The second-order valence-electron chi connectivity index (χ2n) is 44.5. The lowest BCUT2D eigenvalue weighted by Gasteiger charge is -2.62. The number of Topliss-reactive ketones (excluding diaryl/α,β-unsaturated/α-hetero) is 3. The molecule has 0 amide bonds. The molecule has 29 heteroatoms. The summed E-state index contributed by atoms with van der Waals surface area (Å²) in [6.45, 7) is 68.6. The molecular weight excluding hydrogens is 1790 g/mol. The van der Waals surface area contributed by atoms with E-state index >= 15 is 0 Å². The van der Waals surface area contributed by atoms with Crippen LogP contribution in [0, 0.1) is 74.4 Å². The lowest BCUT2D eigenvalue weighted by atomic mass is 9.53. The molecule has 32 atom stereocenters. The van der Waals surface area contributed by atoms with Gasteiger partial charge in [-0.15, -0.1) is 12.5 Å². The molecule has 774 valence electrons. The van der Waals surface area contributed by atoms with Gasteiger partial charge in [-0.2, -0.15) is 0 Å². The van der Waals surface area contributed by atoms with Crippen molar-refractivity contribution >= 4 is 47.2 Å². The molecule has 0 radical (unpaired) electrons. The minimum atomic E-state index is -2.32. The number of hydrogen-bond donors (Lipinski definition) is 6. The van der Waals surface area contributed by atoms with Gasteiger partial charge < -0.3 is 102 Å². The highest BCUT2D eigenvalue weighted by atomic mass is 16.7. The Balaban J connectivity index is 0.000000139. The predicted octanol–water partition coefficient (Wildman–Crippen LogP) is 13.3. The van der Waals surface area contributed by atoms with E-state index in [2.05, 4.69) is 59.3 Å². The zero-order valence-electron chi connectivity index (χ0n) is 88.0. The zero-order valence-corrected chi connectivity index (χ0v) is 88.0. The van der Waals surface area contributed by atoms with Gasteiger partial charge >= 0.3 is 29.8 Å². The molecular formula is C110H160O29. The van der Waals surface area contributed by atoms with E-state index in [1.54, 1.807) is 69.2 Å². The largest absolute Gasteiger partial charge is 0.449 e. The van der Waals surface area contributed by atoms with E-state index in [9.17, 15) is 69.0 Å². The van der Waals surface area contributed by atoms with Gasteiger partial charge in [0, 0.05) is 82.5 Å². The smallest absolute Gasteiger partial charge is 0.308 e. The summed E-state index contributed by atoms with van der Waals surface area (Å²) in [6.07, 6.45) is 7.01. The van der Waals surface area contributed by atoms with Crippen LogP contribution in [0.25, 0.3) is 0 Å². The lowest BCUT2D eigenvalue weighted by Crippen LogP contribution is -2.78. The van der Waals surface area contributed by atoms with Crippen molar-refractivity contribution in [3.63, 3.8) is 0 Å². The fourth-order valence-corrected chi connectivity index (χ4v) is 33.5. The maximum absolute atomic E-state index is 13.9. The number of allylic oxidation sites excluding steroid dienone is 3. The third kappa shape index (κ3) is 12.0. The molecule has 5 aliphatic heterocycles. The number of esters is 5.